The fourth-order valence-corrected chi connectivity index (χ4v) is 25.0. The molecule has 4 aromatic carbocycles. The predicted molar refractivity (Wildman–Crippen MR) is 463 cm³/mol. The lowest BCUT2D eigenvalue weighted by atomic mass is 9.47. The molecule has 6 saturated carbocycles. The van der Waals surface area contributed by atoms with Gasteiger partial charge in [-0.2, -0.15) is 0 Å². The Morgan fingerprint density at radius 2 is 0.696 bits per heavy atom. The molecule has 2 unspecified atom stereocenters. The van der Waals surface area contributed by atoms with Gasteiger partial charge >= 0.3 is 12.3 Å². The Morgan fingerprint density at radius 1 is 0.357 bits per heavy atom. The van der Waals surface area contributed by atoms with E-state index in [4.69, 9.17) is 28.4 Å². The molecule has 16 atom stereocenters. The second kappa shape index (κ2) is 41.4. The summed E-state index contributed by atoms with van der Waals surface area (Å²) in [5.74, 6) is 11.8. The Labute approximate surface area is 681 Å². The molecule has 0 radical (unpaired) electrons. The van der Waals surface area contributed by atoms with Gasteiger partial charge in [0.05, 0.1) is 26.4 Å². The van der Waals surface area contributed by atoms with Crippen molar-refractivity contribution in [3.8, 4) is 11.5 Å². The maximum atomic E-state index is 13.0. The highest BCUT2D eigenvalue weighted by atomic mass is 16.7. The maximum Gasteiger partial charge on any atom is 0.508 e. The number of ether oxygens (including phenoxy) is 6. The van der Waals surface area contributed by atoms with E-state index in [1.165, 1.54) is 189 Å². The molecule has 616 valence electrons. The van der Waals surface area contributed by atoms with Crippen molar-refractivity contribution >= 4 is 23.5 Å². The predicted octanol–water partition coefficient (Wildman–Crippen LogP) is 29.6. The van der Waals surface area contributed by atoms with Crippen LogP contribution in [0, 0.1) is 92.7 Å². The normalized spacial score (nSPS) is 28.9. The standard InChI is InChI=1S/C104H152O8/c1-75(2)37-35-39-77(5)91-57-59-93-89-55-49-83-73-87(61-65-101(83,7)95(89)63-67-103(91,93)9)111-99(105)109-71-33-23-19-15-11-13-17-21-31-69-107-85-51-45-81(46-52-85)98(97(79-41-27-25-28-42-79)80-43-29-26-30-44-80)82-47-53-86(54-48-82)108-70-32-22-18-14-12-16-20-24-34-72-110-100(106)112-88-62-66-102(8)84(74-88)50-56-90-94-60-58-92(78(6)40-36-38-76(3)4)104(94,10)68-64-96(90)102/h25-30,41-54,75-78,87-96H,11-24,31-40,55-74H2,1-10H3/t77-,78-,87?,88?,89+,90+,91-,92-,93+,94+,95+,96+,101+,102+,103-,104-/m1/s1. The van der Waals surface area contributed by atoms with Crippen LogP contribution in [0.5, 0.6) is 11.5 Å². The third-order valence-corrected chi connectivity index (χ3v) is 31.3. The number of carbonyl (C=O) groups is 2. The lowest BCUT2D eigenvalue weighted by Crippen LogP contribution is -2.51. The molecular weight excluding hydrogens is 1380 g/mol. The zero-order chi connectivity index (χ0) is 78.5. The number of benzene rings is 4. The summed E-state index contributed by atoms with van der Waals surface area (Å²) >= 11 is 0. The number of hydrogen-bond acceptors (Lipinski definition) is 8. The summed E-state index contributed by atoms with van der Waals surface area (Å²) in [5, 5.41) is 0. The Balaban J connectivity index is 0.490. The molecule has 6 fully saturated rings. The van der Waals surface area contributed by atoms with Crippen molar-refractivity contribution < 1.29 is 38.0 Å². The maximum absolute atomic E-state index is 13.0. The van der Waals surface area contributed by atoms with Crippen LogP contribution < -0.4 is 9.47 Å². The van der Waals surface area contributed by atoms with Crippen molar-refractivity contribution in [1.29, 1.82) is 0 Å². The van der Waals surface area contributed by atoms with Gasteiger partial charge in [-0.3, -0.25) is 0 Å². The molecule has 8 nitrogen and oxygen atoms in total. The Morgan fingerprint density at radius 3 is 1.05 bits per heavy atom. The largest absolute Gasteiger partial charge is 0.508 e. The van der Waals surface area contributed by atoms with Gasteiger partial charge in [-0.05, 0) is 266 Å². The Hall–Kier alpha value is -5.76. The van der Waals surface area contributed by atoms with E-state index in [0.29, 0.717) is 37.3 Å². The van der Waals surface area contributed by atoms with Crippen molar-refractivity contribution in [1.82, 2.24) is 0 Å². The summed E-state index contributed by atoms with van der Waals surface area (Å²) in [5.41, 5.74) is 11.6. The number of unbranched alkanes of at least 4 members (excludes halogenated alkanes) is 16. The second-order valence-corrected chi connectivity index (χ2v) is 39.3. The molecular formula is C104H152O8. The summed E-state index contributed by atoms with van der Waals surface area (Å²) in [7, 11) is 0. The van der Waals surface area contributed by atoms with Crippen LogP contribution in [0.3, 0.4) is 0 Å². The Bertz CT molecular complexity index is 3370. The second-order valence-electron chi connectivity index (χ2n) is 39.3. The lowest BCUT2D eigenvalue weighted by molar-refractivity contribution is -0.0617. The van der Waals surface area contributed by atoms with Crippen molar-refractivity contribution in [2.75, 3.05) is 26.4 Å². The minimum Gasteiger partial charge on any atom is -0.494 e. The number of carbonyl (C=O) groups excluding carboxylic acids is 2. The van der Waals surface area contributed by atoms with Crippen molar-refractivity contribution in [3.63, 3.8) is 0 Å². The number of allylic oxidation sites excluding steroid dienone is 2. The van der Waals surface area contributed by atoms with E-state index in [9.17, 15) is 9.59 Å². The van der Waals surface area contributed by atoms with Crippen molar-refractivity contribution in [2.24, 2.45) is 92.7 Å². The molecule has 8 aliphatic carbocycles. The van der Waals surface area contributed by atoms with Crippen LogP contribution in [0.15, 0.2) is 132 Å². The van der Waals surface area contributed by atoms with E-state index in [2.05, 4.69) is 191 Å². The fourth-order valence-electron chi connectivity index (χ4n) is 25.0. The first-order chi connectivity index (χ1) is 54.3. The molecule has 0 aromatic heterocycles. The highest BCUT2D eigenvalue weighted by Crippen LogP contribution is 2.69. The van der Waals surface area contributed by atoms with E-state index < -0.39 is 12.3 Å². The van der Waals surface area contributed by atoms with Crippen LogP contribution in [0.2, 0.25) is 0 Å². The van der Waals surface area contributed by atoms with Gasteiger partial charge in [-0.25, -0.2) is 9.59 Å². The molecule has 0 saturated heterocycles. The van der Waals surface area contributed by atoms with Crippen molar-refractivity contribution in [2.45, 2.75) is 338 Å². The zero-order valence-corrected chi connectivity index (χ0v) is 72.0. The highest BCUT2D eigenvalue weighted by molar-refractivity contribution is 6.04. The monoisotopic (exact) mass is 1530 g/mol. The van der Waals surface area contributed by atoms with E-state index in [1.807, 2.05) is 0 Å². The first-order valence-corrected chi connectivity index (χ1v) is 46.7. The van der Waals surface area contributed by atoms with Crippen LogP contribution >= 0.6 is 0 Å². The molecule has 8 aliphatic rings. The van der Waals surface area contributed by atoms with Gasteiger partial charge in [-0.15, -0.1) is 0 Å². The molecule has 12 rings (SSSR count). The van der Waals surface area contributed by atoms with Crippen molar-refractivity contribution in [3.05, 3.63) is 155 Å². The third-order valence-electron chi connectivity index (χ3n) is 31.3. The SMILES string of the molecule is CC(C)CCC[C@@H](C)[C@H]1CC[C@H]2[C@@H]3CC=C4CC(OC(=O)OCCCCCCCCCCCOc5ccc(C(=C(c6ccccc6)c6ccccc6)c6ccc(OCCCCCCCCCCCOC(=O)OC7CC[C@@]8(C)C(=CC[C@H]9[C@@H]%10CC[C@H]([C@H](C)CCCC(C)C)[C@@]%10(C)CC[C@@H]98)C7)cc6)cc5)CC[C@]4(C)[C@H]3CC[C@]12C. The fraction of sp³-hybridized carbons (Fsp3) is 0.692. The third kappa shape index (κ3) is 21.7. The molecule has 0 amide bonds. The van der Waals surface area contributed by atoms with Gasteiger partial charge in [0.2, 0.25) is 0 Å². The highest BCUT2D eigenvalue weighted by Gasteiger charge is 2.61. The number of fused-ring (bicyclic) bond motifs is 10. The van der Waals surface area contributed by atoms with Gasteiger partial charge in [-0.1, -0.05) is 306 Å². The summed E-state index contributed by atoms with van der Waals surface area (Å²) in [6, 6.07) is 39.0. The average molecular weight is 1530 g/mol. The minimum atomic E-state index is -0.466. The van der Waals surface area contributed by atoms with Gasteiger partial charge in [0.1, 0.15) is 23.7 Å². The number of rotatable bonds is 42. The summed E-state index contributed by atoms with van der Waals surface area (Å²) in [6.45, 7) is 27.5. The van der Waals surface area contributed by atoms with Crippen LogP contribution in [0.25, 0.3) is 11.1 Å². The molecule has 0 bridgehead atoms. The molecule has 0 N–H and O–H groups in total. The average Bonchev–Trinajstić information content (AvgIpc) is 1.43. The quantitative estimate of drug-likeness (QED) is 0.0188. The molecule has 0 aliphatic heterocycles. The molecule has 8 heteroatoms. The van der Waals surface area contributed by atoms with Gasteiger partial charge in [0.15, 0.2) is 0 Å². The van der Waals surface area contributed by atoms with E-state index in [0.717, 1.165) is 184 Å². The first-order valence-electron chi connectivity index (χ1n) is 46.7. The van der Waals surface area contributed by atoms with E-state index in [1.54, 1.807) is 11.1 Å². The first kappa shape index (κ1) is 85.6. The smallest absolute Gasteiger partial charge is 0.494 e. The minimum absolute atomic E-state index is 0.0565. The van der Waals surface area contributed by atoms with Gasteiger partial charge in [0, 0.05) is 12.8 Å². The molecule has 0 spiro atoms. The molecule has 112 heavy (non-hydrogen) atoms. The van der Waals surface area contributed by atoms with Gasteiger partial charge < -0.3 is 28.4 Å². The van der Waals surface area contributed by atoms with E-state index in [-0.39, 0.29) is 23.0 Å². The van der Waals surface area contributed by atoms with Crippen LogP contribution in [-0.2, 0) is 18.9 Å². The summed E-state index contributed by atoms with van der Waals surface area (Å²) < 4.78 is 36.1. The topological polar surface area (TPSA) is 89.5 Å². The van der Waals surface area contributed by atoms with Crippen LogP contribution in [-0.4, -0.2) is 50.9 Å². The molecule has 4 aromatic rings. The zero-order valence-electron chi connectivity index (χ0n) is 72.0. The van der Waals surface area contributed by atoms with Crippen LogP contribution in [0.1, 0.15) is 348 Å². The van der Waals surface area contributed by atoms with Crippen LogP contribution in [0.4, 0.5) is 9.59 Å². The van der Waals surface area contributed by atoms with Gasteiger partial charge in [0.25, 0.3) is 0 Å². The molecule has 0 heterocycles. The lowest BCUT2D eigenvalue weighted by Gasteiger charge is -2.58. The summed E-state index contributed by atoms with van der Waals surface area (Å²) in [6.07, 6.45) is 52.7. The Kier molecular flexibility index (Phi) is 31.6. The van der Waals surface area contributed by atoms with E-state index >= 15 is 0 Å². The number of hydrogen-bond donors (Lipinski definition) is 0. The summed E-state index contributed by atoms with van der Waals surface area (Å²) in [4.78, 5) is 25.9.